The fourth-order valence-corrected chi connectivity index (χ4v) is 4.40. The number of carbonyl (C=O) groups excluding carboxylic acids is 1. The van der Waals surface area contributed by atoms with Gasteiger partial charge in [0.15, 0.2) is 0 Å². The van der Waals surface area contributed by atoms with Crippen molar-refractivity contribution in [2.75, 3.05) is 18.0 Å². The second-order valence-electron chi connectivity index (χ2n) is 7.71. The molecule has 0 bridgehead atoms. The zero-order chi connectivity index (χ0) is 20.7. The summed E-state index contributed by atoms with van der Waals surface area (Å²) in [5.74, 6) is 0.834. The number of halogens is 1. The Labute approximate surface area is 179 Å². The van der Waals surface area contributed by atoms with Gasteiger partial charge in [0.2, 0.25) is 0 Å². The lowest BCUT2D eigenvalue weighted by Crippen LogP contribution is -2.25. The van der Waals surface area contributed by atoms with Crippen LogP contribution in [0.1, 0.15) is 29.8 Å². The molecule has 152 valence electrons. The number of benzene rings is 1. The zero-order valence-corrected chi connectivity index (χ0v) is 17.0. The molecular weight excluding hydrogens is 400 g/mol. The third-order valence-corrected chi connectivity index (χ3v) is 6.07. The van der Waals surface area contributed by atoms with Crippen LogP contribution in [0.4, 0.5) is 5.82 Å². The lowest BCUT2D eigenvalue weighted by molar-refractivity contribution is -0.111. The lowest BCUT2D eigenvalue weighted by Gasteiger charge is -2.28. The largest absolute Gasteiger partial charge is 0.391 e. The van der Waals surface area contributed by atoms with Crippen molar-refractivity contribution in [1.29, 1.82) is 0 Å². The van der Waals surface area contributed by atoms with Crippen LogP contribution in [0, 0.1) is 0 Å². The monoisotopic (exact) mass is 420 g/mol. The number of fused-ring (bicyclic) bond motifs is 1. The smallest absolute Gasteiger partial charge is 0.145 e. The van der Waals surface area contributed by atoms with Crippen LogP contribution in [0.15, 0.2) is 59.7 Å². The summed E-state index contributed by atoms with van der Waals surface area (Å²) in [6, 6.07) is 14.7. The van der Waals surface area contributed by atoms with Gasteiger partial charge in [0.25, 0.3) is 0 Å². The maximum atomic E-state index is 12.2. The van der Waals surface area contributed by atoms with E-state index in [0.29, 0.717) is 11.6 Å². The molecule has 6 nitrogen and oxygen atoms in total. The number of anilines is 1. The van der Waals surface area contributed by atoms with E-state index in [9.17, 15) is 9.90 Å². The molecule has 2 aromatic heterocycles. The molecule has 30 heavy (non-hydrogen) atoms. The van der Waals surface area contributed by atoms with E-state index in [0.717, 1.165) is 47.6 Å². The summed E-state index contributed by atoms with van der Waals surface area (Å²) >= 11 is 6.03. The van der Waals surface area contributed by atoms with E-state index in [2.05, 4.69) is 14.9 Å². The van der Waals surface area contributed by atoms with Gasteiger partial charge in [-0.25, -0.2) is 4.98 Å². The van der Waals surface area contributed by atoms with Crippen LogP contribution in [0.25, 0.3) is 11.3 Å². The average Bonchev–Trinajstić information content (AvgIpc) is 3.40. The highest BCUT2D eigenvalue weighted by Crippen LogP contribution is 2.37. The molecule has 3 aromatic rings. The Morgan fingerprint density at radius 2 is 1.93 bits per heavy atom. The summed E-state index contributed by atoms with van der Waals surface area (Å²) in [5.41, 5.74) is 3.72. The number of aliphatic hydroxyl groups excluding tert-OH is 1. The Morgan fingerprint density at radius 1 is 1.10 bits per heavy atom. The summed E-state index contributed by atoms with van der Waals surface area (Å²) in [4.78, 5) is 23.5. The molecule has 2 aliphatic heterocycles. The van der Waals surface area contributed by atoms with Crippen molar-refractivity contribution in [1.82, 2.24) is 9.55 Å². The van der Waals surface area contributed by atoms with Gasteiger partial charge < -0.3 is 19.4 Å². The third-order valence-electron chi connectivity index (χ3n) is 5.82. The van der Waals surface area contributed by atoms with Gasteiger partial charge in [0.05, 0.1) is 11.8 Å². The number of aliphatic imine (C=N–C) groups is 1. The van der Waals surface area contributed by atoms with Crippen molar-refractivity contribution in [2.24, 2.45) is 4.99 Å². The number of aromatic nitrogens is 2. The SMILES string of the molecule is O=CC1[C@@H](c2ccc(N3CCC(O)C3)nc2)N=Cc2ccc(-c3ccc(Cl)cc3)n21. The summed E-state index contributed by atoms with van der Waals surface area (Å²) < 4.78 is 2.03. The van der Waals surface area contributed by atoms with Crippen LogP contribution >= 0.6 is 11.6 Å². The van der Waals surface area contributed by atoms with Gasteiger partial charge in [-0.1, -0.05) is 29.8 Å². The van der Waals surface area contributed by atoms with Crippen molar-refractivity contribution in [3.05, 3.63) is 71.0 Å². The van der Waals surface area contributed by atoms with Crippen LogP contribution in [0.2, 0.25) is 5.02 Å². The number of carbonyl (C=O) groups is 1. The summed E-state index contributed by atoms with van der Waals surface area (Å²) in [6.07, 6.45) is 5.01. The maximum absolute atomic E-state index is 12.2. The first-order valence-corrected chi connectivity index (χ1v) is 10.4. The number of hydrogen-bond acceptors (Lipinski definition) is 5. The number of nitrogens with zero attached hydrogens (tertiary/aromatic N) is 4. The summed E-state index contributed by atoms with van der Waals surface area (Å²) in [7, 11) is 0. The van der Waals surface area contributed by atoms with E-state index in [1.807, 2.05) is 59.3 Å². The number of hydrogen-bond donors (Lipinski definition) is 1. The Hall–Kier alpha value is -2.96. The Balaban J connectivity index is 1.47. The van der Waals surface area contributed by atoms with E-state index in [4.69, 9.17) is 11.6 Å². The predicted octanol–water partition coefficient (Wildman–Crippen LogP) is 3.69. The van der Waals surface area contributed by atoms with Gasteiger partial charge in [-0.3, -0.25) is 4.99 Å². The minimum absolute atomic E-state index is 0.299. The van der Waals surface area contributed by atoms with Gasteiger partial charge in [-0.15, -0.1) is 0 Å². The van der Waals surface area contributed by atoms with Crippen LogP contribution in [0.3, 0.4) is 0 Å². The minimum atomic E-state index is -0.466. The summed E-state index contributed by atoms with van der Waals surface area (Å²) in [5, 5.41) is 10.4. The lowest BCUT2D eigenvalue weighted by atomic mass is 9.99. The molecule has 0 spiro atoms. The molecular formula is C23H21ClN4O2. The Kier molecular flexibility index (Phi) is 4.89. The van der Waals surface area contributed by atoms with Gasteiger partial charge in [0, 0.05) is 36.2 Å². The average molecular weight is 421 g/mol. The molecule has 0 amide bonds. The van der Waals surface area contributed by atoms with E-state index in [-0.39, 0.29) is 12.1 Å². The molecule has 1 saturated heterocycles. The highest BCUT2D eigenvalue weighted by Gasteiger charge is 2.31. The first-order chi connectivity index (χ1) is 14.6. The fraction of sp³-hybridized carbons (Fsp3) is 0.261. The van der Waals surface area contributed by atoms with E-state index < -0.39 is 6.04 Å². The van der Waals surface area contributed by atoms with Crippen LogP contribution < -0.4 is 4.90 Å². The highest BCUT2D eigenvalue weighted by atomic mass is 35.5. The molecule has 1 N–H and O–H groups in total. The Bertz CT molecular complexity index is 1090. The molecule has 2 aliphatic rings. The van der Waals surface area contributed by atoms with Gasteiger partial charge >= 0.3 is 0 Å². The van der Waals surface area contributed by atoms with Crippen molar-refractivity contribution in [2.45, 2.75) is 24.6 Å². The number of aliphatic hydroxyl groups is 1. The molecule has 0 saturated carbocycles. The van der Waals surface area contributed by atoms with Gasteiger partial charge in [0.1, 0.15) is 24.2 Å². The van der Waals surface area contributed by atoms with E-state index in [1.54, 1.807) is 6.20 Å². The van der Waals surface area contributed by atoms with Crippen LogP contribution in [-0.4, -0.2) is 46.4 Å². The topological polar surface area (TPSA) is 70.7 Å². The van der Waals surface area contributed by atoms with Crippen molar-refractivity contribution >= 4 is 29.9 Å². The van der Waals surface area contributed by atoms with E-state index >= 15 is 0 Å². The fourth-order valence-electron chi connectivity index (χ4n) is 4.27. The molecule has 0 aliphatic carbocycles. The quantitative estimate of drug-likeness (QED) is 0.653. The highest BCUT2D eigenvalue weighted by molar-refractivity contribution is 6.30. The maximum Gasteiger partial charge on any atom is 0.145 e. The number of pyridine rings is 1. The molecule has 3 atom stereocenters. The number of rotatable bonds is 4. The number of aldehydes is 1. The van der Waals surface area contributed by atoms with Gasteiger partial charge in [-0.2, -0.15) is 0 Å². The first-order valence-electron chi connectivity index (χ1n) is 9.98. The predicted molar refractivity (Wildman–Crippen MR) is 117 cm³/mol. The third kappa shape index (κ3) is 3.32. The number of β-amino-alcohol motifs (C(OH)–C–C–N with tert-alkyl or cyclic N) is 1. The standard InChI is InChI=1S/C23H21ClN4O2/c24-17-4-1-15(2-5-17)20-7-6-18-12-26-23(21(14-29)28(18)20)16-3-8-22(25-11-16)27-10-9-19(30)13-27/h1-8,11-12,14,19,21,23,30H,9-10,13H2/t19?,21?,23-/m1/s1. The van der Waals surface area contributed by atoms with E-state index in [1.165, 1.54) is 0 Å². The molecule has 0 radical (unpaired) electrons. The summed E-state index contributed by atoms with van der Waals surface area (Å²) in [6.45, 7) is 1.39. The molecule has 7 heteroatoms. The molecule has 5 rings (SSSR count). The zero-order valence-electron chi connectivity index (χ0n) is 16.2. The van der Waals surface area contributed by atoms with Crippen molar-refractivity contribution in [3.8, 4) is 11.3 Å². The van der Waals surface area contributed by atoms with Crippen LogP contribution in [0.5, 0.6) is 0 Å². The Morgan fingerprint density at radius 3 is 2.60 bits per heavy atom. The minimum Gasteiger partial charge on any atom is -0.391 e. The van der Waals surface area contributed by atoms with Gasteiger partial charge in [-0.05, 0) is 47.9 Å². The second kappa shape index (κ2) is 7.70. The normalized spacial score (nSPS) is 22.9. The second-order valence-corrected chi connectivity index (χ2v) is 8.14. The van der Waals surface area contributed by atoms with Crippen LogP contribution in [-0.2, 0) is 4.79 Å². The van der Waals surface area contributed by atoms with Crippen molar-refractivity contribution < 1.29 is 9.90 Å². The molecule has 4 heterocycles. The molecule has 1 fully saturated rings. The molecule has 1 aromatic carbocycles. The first kappa shape index (κ1) is 19.0. The van der Waals surface area contributed by atoms with Crippen molar-refractivity contribution in [3.63, 3.8) is 0 Å². The molecule has 2 unspecified atom stereocenters.